The number of H-pyrrole nitrogens is 2. The zero-order valence-corrected chi connectivity index (χ0v) is 15.6. The molecule has 0 bridgehead atoms. The van der Waals surface area contributed by atoms with Crippen molar-refractivity contribution in [3.8, 4) is 22.1 Å². The summed E-state index contributed by atoms with van der Waals surface area (Å²) >= 11 is 1.60. The Balaban J connectivity index is 1.45. The number of aromatic amines is 2. The number of nitrogens with zero attached hydrogens (tertiary/aromatic N) is 4. The van der Waals surface area contributed by atoms with Gasteiger partial charge in [-0.05, 0) is 37.4 Å². The van der Waals surface area contributed by atoms with Gasteiger partial charge in [0.25, 0.3) is 5.56 Å². The molecule has 4 aromatic rings. The first-order valence-electron chi connectivity index (χ1n) is 8.33. The summed E-state index contributed by atoms with van der Waals surface area (Å²) < 4.78 is 0. The molecule has 0 amide bonds. The minimum Gasteiger partial charge on any atom is -0.363 e. The van der Waals surface area contributed by atoms with Crippen LogP contribution >= 0.6 is 11.3 Å². The molecule has 0 fully saturated rings. The van der Waals surface area contributed by atoms with Crippen LogP contribution in [0.5, 0.6) is 0 Å². The van der Waals surface area contributed by atoms with Crippen molar-refractivity contribution in [1.29, 1.82) is 0 Å². The Morgan fingerprint density at radius 2 is 2.07 bits per heavy atom. The molecule has 0 saturated heterocycles. The van der Waals surface area contributed by atoms with E-state index in [1.807, 2.05) is 36.6 Å². The van der Waals surface area contributed by atoms with E-state index in [9.17, 15) is 4.79 Å². The summed E-state index contributed by atoms with van der Waals surface area (Å²) in [6.07, 6.45) is 1.67. The lowest BCUT2D eigenvalue weighted by Crippen LogP contribution is -2.14. The van der Waals surface area contributed by atoms with E-state index in [-0.39, 0.29) is 5.56 Å². The van der Waals surface area contributed by atoms with E-state index in [2.05, 4.69) is 35.5 Å². The third kappa shape index (κ3) is 3.63. The van der Waals surface area contributed by atoms with Crippen LogP contribution in [0.2, 0.25) is 0 Å². The molecule has 0 unspecified atom stereocenters. The maximum absolute atomic E-state index is 11.9. The highest BCUT2D eigenvalue weighted by atomic mass is 32.1. The highest BCUT2D eigenvalue weighted by Crippen LogP contribution is 2.20. The summed E-state index contributed by atoms with van der Waals surface area (Å²) in [7, 11) is 0. The van der Waals surface area contributed by atoms with Gasteiger partial charge in [-0.15, -0.1) is 11.3 Å². The number of nitrogens with one attached hydrogen (secondary N) is 3. The molecule has 9 heteroatoms. The number of thiophene rings is 1. The second-order valence-electron chi connectivity index (χ2n) is 5.99. The Hall–Kier alpha value is -3.33. The van der Waals surface area contributed by atoms with Crippen molar-refractivity contribution in [2.75, 3.05) is 5.32 Å². The van der Waals surface area contributed by atoms with Gasteiger partial charge in [0.1, 0.15) is 17.5 Å². The Morgan fingerprint density at radius 1 is 1.19 bits per heavy atom. The van der Waals surface area contributed by atoms with E-state index in [0.29, 0.717) is 35.3 Å². The van der Waals surface area contributed by atoms with Crippen LogP contribution in [0.25, 0.3) is 22.1 Å². The first-order valence-corrected chi connectivity index (χ1v) is 9.21. The molecule has 0 aliphatic carbocycles. The van der Waals surface area contributed by atoms with Crippen molar-refractivity contribution < 1.29 is 0 Å². The fraction of sp³-hybridized carbons (Fsp3) is 0.167. The number of hydrogen-bond acceptors (Lipinski definition) is 7. The van der Waals surface area contributed by atoms with Crippen LogP contribution in [0.4, 0.5) is 5.82 Å². The molecule has 0 spiro atoms. The summed E-state index contributed by atoms with van der Waals surface area (Å²) in [6, 6.07) is 7.65. The van der Waals surface area contributed by atoms with Gasteiger partial charge in [-0.1, -0.05) is 6.07 Å². The lowest BCUT2D eigenvalue weighted by Gasteiger charge is -2.06. The second-order valence-corrected chi connectivity index (χ2v) is 6.94. The number of aromatic nitrogens is 6. The summed E-state index contributed by atoms with van der Waals surface area (Å²) in [5, 5.41) is 12.3. The van der Waals surface area contributed by atoms with Crippen molar-refractivity contribution in [3.63, 3.8) is 0 Å². The largest absolute Gasteiger partial charge is 0.363 e. The molecule has 8 nitrogen and oxygen atoms in total. The quantitative estimate of drug-likeness (QED) is 0.491. The third-order valence-electron chi connectivity index (χ3n) is 4.14. The highest BCUT2D eigenvalue weighted by molar-refractivity contribution is 7.13. The van der Waals surface area contributed by atoms with Gasteiger partial charge >= 0.3 is 0 Å². The molecular weight excluding hydrogens is 362 g/mol. The van der Waals surface area contributed by atoms with Crippen LogP contribution in [0.15, 0.2) is 40.6 Å². The van der Waals surface area contributed by atoms with E-state index >= 15 is 0 Å². The Kier molecular flexibility index (Phi) is 4.51. The van der Waals surface area contributed by atoms with Gasteiger partial charge < -0.3 is 10.3 Å². The lowest BCUT2D eigenvalue weighted by atomic mass is 10.2. The van der Waals surface area contributed by atoms with Crippen molar-refractivity contribution in [3.05, 3.63) is 63.3 Å². The SMILES string of the molecule is Cc1nc(-c2ccc(NCc3nc(-c4cccs4)n[nH]3)nc2)[nH]c(=O)c1C. The molecule has 0 aliphatic rings. The van der Waals surface area contributed by atoms with E-state index in [4.69, 9.17) is 0 Å². The van der Waals surface area contributed by atoms with Gasteiger partial charge in [0.15, 0.2) is 5.82 Å². The van der Waals surface area contributed by atoms with Crippen molar-refractivity contribution in [2.45, 2.75) is 20.4 Å². The smallest absolute Gasteiger partial charge is 0.254 e. The maximum atomic E-state index is 11.9. The third-order valence-corrected chi connectivity index (χ3v) is 5.01. The Labute approximate surface area is 158 Å². The average molecular weight is 379 g/mol. The summed E-state index contributed by atoms with van der Waals surface area (Å²) in [6.45, 7) is 4.05. The first kappa shape index (κ1) is 17.1. The van der Waals surface area contributed by atoms with E-state index < -0.39 is 0 Å². The van der Waals surface area contributed by atoms with Crippen LogP contribution in [0, 0.1) is 13.8 Å². The standard InChI is InChI=1S/C18H17N7OS/c1-10-11(2)21-16(23-18(10)26)12-5-6-14(19-8-12)20-9-15-22-17(25-24-15)13-4-3-7-27-13/h3-8H,9H2,1-2H3,(H,19,20)(H,21,23,26)(H,22,24,25). The molecule has 4 aromatic heterocycles. The number of hydrogen-bond donors (Lipinski definition) is 3. The van der Waals surface area contributed by atoms with Crippen molar-refractivity contribution in [2.24, 2.45) is 0 Å². The number of pyridine rings is 1. The normalized spacial score (nSPS) is 10.9. The maximum Gasteiger partial charge on any atom is 0.254 e. The van der Waals surface area contributed by atoms with Crippen LogP contribution < -0.4 is 10.9 Å². The van der Waals surface area contributed by atoms with Crippen LogP contribution in [0.3, 0.4) is 0 Å². The molecule has 27 heavy (non-hydrogen) atoms. The summed E-state index contributed by atoms with van der Waals surface area (Å²) in [5.74, 6) is 2.62. The molecule has 4 rings (SSSR count). The highest BCUT2D eigenvalue weighted by Gasteiger charge is 2.08. The molecule has 3 N–H and O–H groups in total. The van der Waals surface area contributed by atoms with Gasteiger partial charge in [-0.25, -0.2) is 15.0 Å². The zero-order valence-electron chi connectivity index (χ0n) is 14.8. The zero-order chi connectivity index (χ0) is 18.8. The number of anilines is 1. The van der Waals surface area contributed by atoms with E-state index in [0.717, 1.165) is 16.3 Å². The van der Waals surface area contributed by atoms with Crippen LogP contribution in [0.1, 0.15) is 17.1 Å². The van der Waals surface area contributed by atoms with Gasteiger partial charge in [-0.3, -0.25) is 9.89 Å². The topological polar surface area (TPSA) is 112 Å². The fourth-order valence-corrected chi connectivity index (χ4v) is 3.14. The monoisotopic (exact) mass is 379 g/mol. The lowest BCUT2D eigenvalue weighted by molar-refractivity contribution is 0.947. The Bertz CT molecular complexity index is 1110. The number of aryl methyl sites for hydroxylation is 1. The summed E-state index contributed by atoms with van der Waals surface area (Å²) in [4.78, 5) is 29.0. The van der Waals surface area contributed by atoms with Gasteiger partial charge in [0.05, 0.1) is 11.4 Å². The minimum absolute atomic E-state index is 0.133. The van der Waals surface area contributed by atoms with Crippen LogP contribution in [-0.2, 0) is 6.54 Å². The second kappa shape index (κ2) is 7.12. The molecular formula is C18H17N7OS. The van der Waals surface area contributed by atoms with Gasteiger partial charge in [0.2, 0.25) is 0 Å². The van der Waals surface area contributed by atoms with Gasteiger partial charge in [-0.2, -0.15) is 5.10 Å². The predicted molar refractivity (Wildman–Crippen MR) is 105 cm³/mol. The molecule has 136 valence electrons. The van der Waals surface area contributed by atoms with Crippen molar-refractivity contribution in [1.82, 2.24) is 30.1 Å². The van der Waals surface area contributed by atoms with Gasteiger partial charge in [0, 0.05) is 23.0 Å². The minimum atomic E-state index is -0.133. The van der Waals surface area contributed by atoms with Crippen molar-refractivity contribution >= 4 is 17.2 Å². The van der Waals surface area contributed by atoms with E-state index in [1.54, 1.807) is 24.5 Å². The molecule has 0 atom stereocenters. The fourth-order valence-electron chi connectivity index (χ4n) is 2.48. The molecule has 0 aromatic carbocycles. The number of rotatable bonds is 5. The predicted octanol–water partition coefficient (Wildman–Crippen LogP) is 2.91. The summed E-state index contributed by atoms with van der Waals surface area (Å²) in [5.41, 5.74) is 1.95. The molecule has 0 radical (unpaired) electrons. The molecule has 0 aliphatic heterocycles. The molecule has 4 heterocycles. The molecule has 0 saturated carbocycles. The van der Waals surface area contributed by atoms with E-state index in [1.165, 1.54) is 0 Å². The van der Waals surface area contributed by atoms with Crippen LogP contribution in [-0.4, -0.2) is 30.1 Å². The Morgan fingerprint density at radius 3 is 2.78 bits per heavy atom. The first-order chi connectivity index (χ1) is 13.1. The average Bonchev–Trinajstić information content (AvgIpc) is 3.36.